The largest absolute Gasteiger partial charge is 0.496 e. The molecule has 1 amide bonds. The predicted octanol–water partition coefficient (Wildman–Crippen LogP) is 2.58. The molecule has 2 aromatic rings. The van der Waals surface area contributed by atoms with E-state index in [0.717, 1.165) is 5.56 Å². The highest BCUT2D eigenvalue weighted by atomic mass is 16.5. The molecule has 7 heteroatoms. The lowest BCUT2D eigenvalue weighted by Crippen LogP contribution is -2.42. The Morgan fingerprint density at radius 3 is 2.48 bits per heavy atom. The number of carboxylic acid groups (broad SMARTS) is 1. The van der Waals surface area contributed by atoms with Gasteiger partial charge in [-0.3, -0.25) is 4.79 Å². The Balaban J connectivity index is 2.38. The normalized spacial score (nSPS) is 12.2. The molecule has 0 saturated heterocycles. The second-order valence-electron chi connectivity index (χ2n) is 7.10. The number of aliphatic carboxylic acids is 1. The van der Waals surface area contributed by atoms with Crippen LogP contribution in [0, 0.1) is 19.8 Å². The van der Waals surface area contributed by atoms with E-state index in [-0.39, 0.29) is 17.9 Å². The molecule has 1 atom stereocenters. The molecule has 0 aliphatic heterocycles. The number of ether oxygens (including phenoxy) is 1. The number of hydrogen-bond acceptors (Lipinski definition) is 5. The lowest BCUT2D eigenvalue weighted by molar-refractivity contribution is -0.142. The maximum atomic E-state index is 12.4. The van der Waals surface area contributed by atoms with Crippen LogP contribution in [0.25, 0.3) is 11.0 Å². The second-order valence-corrected chi connectivity index (χ2v) is 7.10. The number of methoxy groups -OCH3 is 1. The topological polar surface area (TPSA) is 106 Å². The third-order valence-electron chi connectivity index (χ3n) is 4.38. The average molecular weight is 375 g/mol. The number of hydrogen-bond donors (Lipinski definition) is 2. The van der Waals surface area contributed by atoms with E-state index in [1.165, 1.54) is 7.11 Å². The number of fused-ring (bicyclic) bond motifs is 1. The van der Waals surface area contributed by atoms with E-state index < -0.39 is 23.5 Å². The maximum Gasteiger partial charge on any atom is 0.340 e. The highest BCUT2D eigenvalue weighted by molar-refractivity contribution is 5.90. The molecule has 1 aromatic heterocycles. The molecule has 27 heavy (non-hydrogen) atoms. The van der Waals surface area contributed by atoms with Gasteiger partial charge >= 0.3 is 11.6 Å². The summed E-state index contributed by atoms with van der Waals surface area (Å²) in [5.74, 6) is -0.983. The van der Waals surface area contributed by atoms with Gasteiger partial charge in [-0.15, -0.1) is 0 Å². The van der Waals surface area contributed by atoms with Crippen molar-refractivity contribution in [3.8, 4) is 5.75 Å². The first kappa shape index (κ1) is 20.5. The molecule has 1 unspecified atom stereocenters. The number of carboxylic acids is 1. The predicted molar refractivity (Wildman–Crippen MR) is 101 cm³/mol. The Hall–Kier alpha value is -2.83. The van der Waals surface area contributed by atoms with Crippen LogP contribution in [-0.2, 0) is 16.0 Å². The third kappa shape index (κ3) is 4.67. The summed E-state index contributed by atoms with van der Waals surface area (Å²) >= 11 is 0. The number of carbonyl (C=O) groups is 2. The first-order chi connectivity index (χ1) is 12.6. The minimum Gasteiger partial charge on any atom is -0.496 e. The van der Waals surface area contributed by atoms with Crippen LogP contribution in [0.2, 0.25) is 0 Å². The smallest absolute Gasteiger partial charge is 0.340 e. The lowest BCUT2D eigenvalue weighted by atomic mass is 10.0. The van der Waals surface area contributed by atoms with Gasteiger partial charge in [-0.2, -0.15) is 0 Å². The number of benzene rings is 1. The molecule has 1 aromatic carbocycles. The molecule has 0 aliphatic carbocycles. The molecule has 2 rings (SSSR count). The second kappa shape index (κ2) is 8.24. The Labute approximate surface area is 157 Å². The first-order valence-electron chi connectivity index (χ1n) is 8.77. The minimum atomic E-state index is -1.10. The van der Waals surface area contributed by atoms with Gasteiger partial charge in [-0.25, -0.2) is 9.59 Å². The number of amides is 1. The van der Waals surface area contributed by atoms with Crippen molar-refractivity contribution < 1.29 is 23.8 Å². The molecular formula is C20H25NO6. The molecule has 0 radical (unpaired) electrons. The number of nitrogens with one attached hydrogen (secondary N) is 1. The van der Waals surface area contributed by atoms with Crippen LogP contribution < -0.4 is 15.7 Å². The van der Waals surface area contributed by atoms with Crippen molar-refractivity contribution >= 4 is 22.8 Å². The van der Waals surface area contributed by atoms with Crippen molar-refractivity contribution in [1.82, 2.24) is 5.32 Å². The zero-order valence-corrected chi connectivity index (χ0v) is 16.2. The summed E-state index contributed by atoms with van der Waals surface area (Å²) in [6.07, 6.45) is 0.0441. The summed E-state index contributed by atoms with van der Waals surface area (Å²) in [5.41, 5.74) is 1.44. The highest BCUT2D eigenvalue weighted by Gasteiger charge is 2.23. The molecule has 146 valence electrons. The summed E-state index contributed by atoms with van der Waals surface area (Å²) in [7, 11) is 1.52. The van der Waals surface area contributed by atoms with Gasteiger partial charge in [0.2, 0.25) is 5.91 Å². The summed E-state index contributed by atoms with van der Waals surface area (Å²) in [4.78, 5) is 36.1. The van der Waals surface area contributed by atoms with E-state index in [1.807, 2.05) is 26.8 Å². The number of carbonyl (C=O) groups excluding carboxylic acids is 1. The third-order valence-corrected chi connectivity index (χ3v) is 4.38. The van der Waals surface area contributed by atoms with E-state index in [9.17, 15) is 19.5 Å². The molecule has 0 saturated carbocycles. The molecule has 0 aliphatic rings. The number of rotatable bonds is 7. The highest BCUT2D eigenvalue weighted by Crippen LogP contribution is 2.30. The van der Waals surface area contributed by atoms with Gasteiger partial charge in [0.05, 0.1) is 24.5 Å². The summed E-state index contributed by atoms with van der Waals surface area (Å²) < 4.78 is 10.8. The van der Waals surface area contributed by atoms with Crippen LogP contribution in [-0.4, -0.2) is 30.1 Å². The average Bonchev–Trinajstić information content (AvgIpc) is 2.56. The molecule has 7 nitrogen and oxygen atoms in total. The zero-order valence-electron chi connectivity index (χ0n) is 16.2. The van der Waals surface area contributed by atoms with Crippen LogP contribution in [0.15, 0.2) is 21.3 Å². The molecule has 2 N–H and O–H groups in total. The number of aryl methyl sites for hydroxylation is 2. The molecule has 0 fully saturated rings. The van der Waals surface area contributed by atoms with E-state index in [4.69, 9.17) is 9.15 Å². The fourth-order valence-corrected chi connectivity index (χ4v) is 3.10. The molecular weight excluding hydrogens is 350 g/mol. The van der Waals surface area contributed by atoms with Gasteiger partial charge in [-0.1, -0.05) is 13.8 Å². The van der Waals surface area contributed by atoms with E-state index in [0.29, 0.717) is 28.7 Å². The van der Waals surface area contributed by atoms with Gasteiger partial charge in [0, 0.05) is 0 Å². The fourth-order valence-electron chi connectivity index (χ4n) is 3.10. The molecule has 0 spiro atoms. The van der Waals surface area contributed by atoms with Crippen molar-refractivity contribution in [2.24, 2.45) is 5.92 Å². The van der Waals surface area contributed by atoms with Crippen molar-refractivity contribution in [1.29, 1.82) is 0 Å². The van der Waals surface area contributed by atoms with Gasteiger partial charge < -0.3 is 19.6 Å². The summed E-state index contributed by atoms with van der Waals surface area (Å²) in [6.45, 7) is 7.33. The summed E-state index contributed by atoms with van der Waals surface area (Å²) in [6, 6.07) is 2.56. The van der Waals surface area contributed by atoms with Crippen LogP contribution >= 0.6 is 0 Å². The van der Waals surface area contributed by atoms with Gasteiger partial charge in [0.1, 0.15) is 17.4 Å². The first-order valence-corrected chi connectivity index (χ1v) is 8.77. The SMILES string of the molecule is COc1cc(C)cc2oc(=O)c(CC(=O)NC(CC(C)C)C(=O)O)c(C)c12. The van der Waals surface area contributed by atoms with E-state index >= 15 is 0 Å². The van der Waals surface area contributed by atoms with Crippen LogP contribution in [0.5, 0.6) is 5.75 Å². The lowest BCUT2D eigenvalue weighted by Gasteiger charge is -2.17. The zero-order chi connectivity index (χ0) is 20.3. The van der Waals surface area contributed by atoms with Gasteiger partial charge in [0.15, 0.2) is 0 Å². The van der Waals surface area contributed by atoms with Crippen molar-refractivity contribution in [2.75, 3.05) is 7.11 Å². The van der Waals surface area contributed by atoms with Gasteiger partial charge in [-0.05, 0) is 49.4 Å². The standard InChI is InChI=1S/C20H25NO6/c1-10(2)6-14(19(23)24)21-17(22)9-13-12(4)18-15(26-5)7-11(3)8-16(18)27-20(13)25/h7-8,10,14H,6,9H2,1-5H3,(H,21,22)(H,23,24). The van der Waals surface area contributed by atoms with E-state index in [1.54, 1.807) is 13.0 Å². The van der Waals surface area contributed by atoms with E-state index in [2.05, 4.69) is 5.32 Å². The Bertz CT molecular complexity index is 928. The molecule has 0 bridgehead atoms. The Morgan fingerprint density at radius 2 is 1.93 bits per heavy atom. The van der Waals surface area contributed by atoms with Crippen molar-refractivity contribution in [3.63, 3.8) is 0 Å². The summed E-state index contributed by atoms with van der Waals surface area (Å²) in [5, 5.41) is 12.4. The van der Waals surface area contributed by atoms with Crippen LogP contribution in [0.4, 0.5) is 0 Å². The van der Waals surface area contributed by atoms with Crippen LogP contribution in [0.3, 0.4) is 0 Å². The monoisotopic (exact) mass is 375 g/mol. The van der Waals surface area contributed by atoms with Crippen LogP contribution in [0.1, 0.15) is 37.0 Å². The maximum absolute atomic E-state index is 12.4. The van der Waals surface area contributed by atoms with Gasteiger partial charge in [0.25, 0.3) is 0 Å². The minimum absolute atomic E-state index is 0.103. The Kier molecular flexibility index (Phi) is 6.25. The quantitative estimate of drug-likeness (QED) is 0.721. The fraction of sp³-hybridized carbons (Fsp3) is 0.450. The Morgan fingerprint density at radius 1 is 1.26 bits per heavy atom. The van der Waals surface area contributed by atoms with Crippen molar-refractivity contribution in [2.45, 2.75) is 46.6 Å². The van der Waals surface area contributed by atoms with Crippen molar-refractivity contribution in [3.05, 3.63) is 39.2 Å². The molecule has 1 heterocycles.